The number of hydrogen-bond donors (Lipinski definition) is 4. The lowest BCUT2D eigenvalue weighted by molar-refractivity contribution is 0.490. The van der Waals surface area contributed by atoms with Gasteiger partial charge in [0.1, 0.15) is 5.82 Å². The molecule has 0 fully saturated rings. The first-order chi connectivity index (χ1) is 7.45. The normalized spacial score (nSPS) is 29.2. The van der Waals surface area contributed by atoms with E-state index < -0.39 is 5.54 Å². The van der Waals surface area contributed by atoms with Crippen molar-refractivity contribution in [3.8, 4) is 0 Å². The van der Waals surface area contributed by atoms with Crippen LogP contribution in [-0.2, 0) is 12.6 Å². The highest BCUT2D eigenvalue weighted by molar-refractivity contribution is 5.50. The number of nitrogens with two attached hydrogens (primary N) is 4. The molecule has 1 heterocycles. The van der Waals surface area contributed by atoms with Gasteiger partial charge in [0.2, 0.25) is 0 Å². The summed E-state index contributed by atoms with van der Waals surface area (Å²) >= 11 is 0. The summed E-state index contributed by atoms with van der Waals surface area (Å²) in [6.07, 6.45) is 6.84. The third-order valence-electron chi connectivity index (χ3n) is 2.90. The van der Waals surface area contributed by atoms with E-state index in [1.54, 1.807) is 36.2 Å². The largest absolute Gasteiger partial charge is 0.399 e. The van der Waals surface area contributed by atoms with Gasteiger partial charge < -0.3 is 22.9 Å². The van der Waals surface area contributed by atoms with Crippen LogP contribution >= 0.6 is 0 Å². The Hall–Kier alpha value is -1.79. The van der Waals surface area contributed by atoms with Crippen LogP contribution in [0.25, 0.3) is 0 Å². The van der Waals surface area contributed by atoms with E-state index in [2.05, 4.69) is 5.10 Å². The standard InChI is InChI=1S/C10H16N6/c1-16-9(13)7(5-15-16)10(14)4-6(11)2-3-8(10)12/h2-5,8H,11-14H2,1H3. The first-order valence-corrected chi connectivity index (χ1v) is 4.94. The molecule has 86 valence electrons. The Kier molecular flexibility index (Phi) is 2.25. The van der Waals surface area contributed by atoms with Gasteiger partial charge in [-0.05, 0) is 12.2 Å². The molecule has 0 saturated carbocycles. The van der Waals surface area contributed by atoms with Gasteiger partial charge in [-0.25, -0.2) is 0 Å². The zero-order valence-electron chi connectivity index (χ0n) is 9.09. The predicted molar refractivity (Wildman–Crippen MR) is 62.9 cm³/mol. The summed E-state index contributed by atoms with van der Waals surface area (Å²) in [7, 11) is 1.75. The molecule has 0 radical (unpaired) electrons. The number of hydrogen-bond acceptors (Lipinski definition) is 5. The van der Waals surface area contributed by atoms with Gasteiger partial charge in [-0.2, -0.15) is 5.10 Å². The van der Waals surface area contributed by atoms with E-state index >= 15 is 0 Å². The second kappa shape index (κ2) is 3.36. The minimum absolute atomic E-state index is 0.369. The van der Waals surface area contributed by atoms with Crippen LogP contribution in [0.1, 0.15) is 5.56 Å². The second-order valence-electron chi connectivity index (χ2n) is 4.03. The molecule has 0 aromatic carbocycles. The zero-order chi connectivity index (χ0) is 11.9. The fourth-order valence-electron chi connectivity index (χ4n) is 1.83. The average Bonchev–Trinajstić information content (AvgIpc) is 2.55. The molecule has 1 aromatic heterocycles. The first-order valence-electron chi connectivity index (χ1n) is 4.94. The minimum atomic E-state index is -0.892. The summed E-state index contributed by atoms with van der Waals surface area (Å²) in [5.41, 5.74) is 24.3. The van der Waals surface area contributed by atoms with E-state index in [4.69, 9.17) is 22.9 Å². The van der Waals surface area contributed by atoms with Crippen LogP contribution in [0.2, 0.25) is 0 Å². The molecule has 1 aliphatic carbocycles. The molecule has 0 aliphatic heterocycles. The van der Waals surface area contributed by atoms with Crippen LogP contribution < -0.4 is 22.9 Å². The average molecular weight is 220 g/mol. The van der Waals surface area contributed by atoms with Crippen LogP contribution in [0.5, 0.6) is 0 Å². The molecule has 6 heteroatoms. The van der Waals surface area contributed by atoms with E-state index in [1.165, 1.54) is 0 Å². The summed E-state index contributed by atoms with van der Waals surface area (Å²) in [5, 5.41) is 4.06. The van der Waals surface area contributed by atoms with Gasteiger partial charge in [-0.1, -0.05) is 6.08 Å². The van der Waals surface area contributed by atoms with Crippen molar-refractivity contribution in [2.75, 3.05) is 5.73 Å². The lowest BCUT2D eigenvalue weighted by Crippen LogP contribution is -2.52. The van der Waals surface area contributed by atoms with Gasteiger partial charge in [0, 0.05) is 24.4 Å². The van der Waals surface area contributed by atoms with Gasteiger partial charge in [0.15, 0.2) is 0 Å². The lowest BCUT2D eigenvalue weighted by Gasteiger charge is -2.33. The van der Waals surface area contributed by atoms with Crippen molar-refractivity contribution in [3.05, 3.63) is 35.7 Å². The molecule has 2 unspecified atom stereocenters. The van der Waals surface area contributed by atoms with Crippen molar-refractivity contribution < 1.29 is 0 Å². The van der Waals surface area contributed by atoms with Crippen molar-refractivity contribution in [2.45, 2.75) is 11.6 Å². The van der Waals surface area contributed by atoms with Crippen LogP contribution in [0.15, 0.2) is 30.1 Å². The Morgan fingerprint density at radius 2 is 2.12 bits per heavy atom. The SMILES string of the molecule is Cn1ncc(C2(N)C=C(N)C=CC2N)c1N. The number of anilines is 1. The van der Waals surface area contributed by atoms with Crippen LogP contribution in [0.4, 0.5) is 5.82 Å². The van der Waals surface area contributed by atoms with Crippen LogP contribution in [0.3, 0.4) is 0 Å². The molecule has 0 spiro atoms. The Balaban J connectivity index is 2.54. The maximum absolute atomic E-state index is 6.26. The summed E-state index contributed by atoms with van der Waals surface area (Å²) < 4.78 is 1.55. The predicted octanol–water partition coefficient (Wildman–Crippen LogP) is -1.10. The lowest BCUT2D eigenvalue weighted by atomic mass is 9.81. The Bertz CT molecular complexity index is 472. The maximum atomic E-state index is 6.26. The van der Waals surface area contributed by atoms with E-state index in [0.717, 1.165) is 0 Å². The monoisotopic (exact) mass is 220 g/mol. The second-order valence-corrected chi connectivity index (χ2v) is 4.03. The summed E-state index contributed by atoms with van der Waals surface area (Å²) in [4.78, 5) is 0. The van der Waals surface area contributed by atoms with E-state index in [9.17, 15) is 0 Å². The third-order valence-corrected chi connectivity index (χ3v) is 2.90. The molecule has 1 aromatic rings. The molecule has 6 nitrogen and oxygen atoms in total. The molecule has 16 heavy (non-hydrogen) atoms. The molecule has 2 rings (SSSR count). The van der Waals surface area contributed by atoms with Crippen molar-refractivity contribution in [1.29, 1.82) is 0 Å². The first kappa shape index (κ1) is 10.7. The van der Waals surface area contributed by atoms with Crippen molar-refractivity contribution >= 4 is 5.82 Å². The van der Waals surface area contributed by atoms with E-state index in [-0.39, 0.29) is 6.04 Å². The molecule has 8 N–H and O–H groups in total. The van der Waals surface area contributed by atoms with Crippen molar-refractivity contribution in [1.82, 2.24) is 9.78 Å². The van der Waals surface area contributed by atoms with E-state index in [0.29, 0.717) is 17.1 Å². The van der Waals surface area contributed by atoms with Crippen LogP contribution in [0, 0.1) is 0 Å². The molecule has 2 atom stereocenters. The highest BCUT2D eigenvalue weighted by Gasteiger charge is 2.36. The molecule has 0 amide bonds. The molecule has 0 saturated heterocycles. The number of aryl methyl sites for hydroxylation is 1. The summed E-state index contributed by atoms with van der Waals surface area (Å²) in [5.74, 6) is 0.498. The minimum Gasteiger partial charge on any atom is -0.399 e. The number of nitrogens with zero attached hydrogens (tertiary/aromatic N) is 2. The van der Waals surface area contributed by atoms with Gasteiger partial charge in [0.05, 0.1) is 11.7 Å². The summed E-state index contributed by atoms with van der Waals surface area (Å²) in [6, 6.07) is -0.369. The molecule has 1 aliphatic rings. The number of rotatable bonds is 1. The van der Waals surface area contributed by atoms with Crippen molar-refractivity contribution in [2.24, 2.45) is 24.2 Å². The van der Waals surface area contributed by atoms with Crippen molar-refractivity contribution in [3.63, 3.8) is 0 Å². The van der Waals surface area contributed by atoms with Gasteiger partial charge in [-0.15, -0.1) is 0 Å². The fourth-order valence-corrected chi connectivity index (χ4v) is 1.83. The molecular formula is C10H16N6. The topological polar surface area (TPSA) is 122 Å². The summed E-state index contributed by atoms with van der Waals surface area (Å²) in [6.45, 7) is 0. The Morgan fingerprint density at radius 3 is 2.69 bits per heavy atom. The highest BCUT2D eigenvalue weighted by Crippen LogP contribution is 2.31. The molecular weight excluding hydrogens is 204 g/mol. The highest BCUT2D eigenvalue weighted by atomic mass is 15.3. The zero-order valence-corrected chi connectivity index (χ0v) is 9.09. The van der Waals surface area contributed by atoms with Gasteiger partial charge in [-0.3, -0.25) is 4.68 Å². The van der Waals surface area contributed by atoms with Gasteiger partial charge >= 0.3 is 0 Å². The third kappa shape index (κ3) is 1.39. The van der Waals surface area contributed by atoms with Crippen LogP contribution in [-0.4, -0.2) is 15.8 Å². The Morgan fingerprint density at radius 1 is 1.44 bits per heavy atom. The quantitative estimate of drug-likeness (QED) is 0.478. The smallest absolute Gasteiger partial charge is 0.126 e. The maximum Gasteiger partial charge on any atom is 0.126 e. The van der Waals surface area contributed by atoms with Gasteiger partial charge in [0.25, 0.3) is 0 Å². The molecule has 0 bridgehead atoms. The Labute approximate surface area is 93.6 Å². The number of aromatic nitrogens is 2. The van der Waals surface area contributed by atoms with E-state index in [1.807, 2.05) is 0 Å². The number of allylic oxidation sites excluding steroid dienone is 1. The number of nitrogen functional groups attached to an aromatic ring is 1. The fraction of sp³-hybridized carbons (Fsp3) is 0.300.